The van der Waals surface area contributed by atoms with Crippen molar-refractivity contribution in [2.45, 2.75) is 33.1 Å². The first-order valence-corrected chi connectivity index (χ1v) is 6.58. The van der Waals surface area contributed by atoms with Gasteiger partial charge < -0.3 is 10.4 Å². The summed E-state index contributed by atoms with van der Waals surface area (Å²) < 4.78 is 0. The van der Waals surface area contributed by atoms with Crippen molar-refractivity contribution in [3.63, 3.8) is 0 Å². The Hall–Kier alpha value is -1.84. The first kappa shape index (κ1) is 13.6. The van der Waals surface area contributed by atoms with Crippen LogP contribution >= 0.6 is 0 Å². The molecule has 1 aliphatic rings. The summed E-state index contributed by atoms with van der Waals surface area (Å²) in [5.41, 5.74) is 3.10. The topological polar surface area (TPSA) is 66.4 Å². The lowest BCUT2D eigenvalue weighted by molar-refractivity contribution is -0.141. The fourth-order valence-electron chi connectivity index (χ4n) is 2.51. The zero-order valence-electron chi connectivity index (χ0n) is 11.3. The van der Waals surface area contributed by atoms with Crippen molar-refractivity contribution >= 4 is 17.6 Å². The number of rotatable bonds is 3. The number of nitrogens with one attached hydrogen (secondary N) is 1. The second kappa shape index (κ2) is 5.43. The van der Waals surface area contributed by atoms with Gasteiger partial charge in [-0.3, -0.25) is 9.59 Å². The van der Waals surface area contributed by atoms with Gasteiger partial charge in [0.1, 0.15) is 0 Å². The fraction of sp³-hybridized carbons (Fsp3) is 0.467. The van der Waals surface area contributed by atoms with E-state index < -0.39 is 5.97 Å². The molecule has 0 unspecified atom stereocenters. The van der Waals surface area contributed by atoms with Crippen molar-refractivity contribution < 1.29 is 14.7 Å². The van der Waals surface area contributed by atoms with E-state index in [0.717, 1.165) is 11.3 Å². The van der Waals surface area contributed by atoms with Gasteiger partial charge in [0.15, 0.2) is 0 Å². The van der Waals surface area contributed by atoms with Crippen LogP contribution in [0.25, 0.3) is 0 Å². The predicted octanol–water partition coefficient (Wildman–Crippen LogP) is 2.74. The standard InChI is InChI=1S/C15H19NO3/c1-9-3-6-13(7-10(9)2)16-14(17)11-4-5-12(8-11)15(18)19/h3,6-7,11-12H,4-5,8H2,1-2H3,(H,16,17)(H,18,19)/t11-,12-/m1/s1. The van der Waals surface area contributed by atoms with Gasteiger partial charge in [-0.2, -0.15) is 0 Å². The molecule has 1 saturated carbocycles. The highest BCUT2D eigenvalue weighted by molar-refractivity contribution is 5.93. The number of amides is 1. The molecule has 2 atom stereocenters. The first-order valence-electron chi connectivity index (χ1n) is 6.58. The van der Waals surface area contributed by atoms with Crippen LogP contribution in [-0.2, 0) is 9.59 Å². The van der Waals surface area contributed by atoms with Gasteiger partial charge >= 0.3 is 5.97 Å². The molecule has 1 aromatic carbocycles. The Morgan fingerprint density at radius 3 is 2.42 bits per heavy atom. The third-order valence-corrected chi connectivity index (χ3v) is 3.93. The quantitative estimate of drug-likeness (QED) is 0.879. The largest absolute Gasteiger partial charge is 0.481 e. The highest BCUT2D eigenvalue weighted by Crippen LogP contribution is 2.32. The van der Waals surface area contributed by atoms with Gasteiger partial charge in [-0.05, 0) is 56.4 Å². The van der Waals surface area contributed by atoms with E-state index in [9.17, 15) is 9.59 Å². The molecule has 0 radical (unpaired) electrons. The van der Waals surface area contributed by atoms with Crippen LogP contribution in [-0.4, -0.2) is 17.0 Å². The molecule has 0 bridgehead atoms. The average molecular weight is 261 g/mol. The summed E-state index contributed by atoms with van der Waals surface area (Å²) in [6, 6.07) is 5.79. The van der Waals surface area contributed by atoms with Crippen molar-refractivity contribution in [2.24, 2.45) is 11.8 Å². The summed E-state index contributed by atoms with van der Waals surface area (Å²) in [6.07, 6.45) is 1.71. The molecule has 0 aliphatic heterocycles. The molecule has 2 N–H and O–H groups in total. The molecule has 19 heavy (non-hydrogen) atoms. The maximum atomic E-state index is 12.1. The molecule has 0 spiro atoms. The van der Waals surface area contributed by atoms with Crippen LogP contribution in [0.2, 0.25) is 0 Å². The number of aryl methyl sites for hydroxylation is 2. The number of aliphatic carboxylic acids is 1. The molecular formula is C15H19NO3. The summed E-state index contributed by atoms with van der Waals surface area (Å²) in [5.74, 6) is -1.40. The number of anilines is 1. The highest BCUT2D eigenvalue weighted by atomic mass is 16.4. The Balaban J connectivity index is 1.98. The first-order chi connectivity index (χ1) is 8.97. The van der Waals surface area contributed by atoms with E-state index in [1.165, 1.54) is 5.56 Å². The molecule has 1 aliphatic carbocycles. The monoisotopic (exact) mass is 261 g/mol. The van der Waals surface area contributed by atoms with Gasteiger partial charge in [0, 0.05) is 11.6 Å². The van der Waals surface area contributed by atoms with Gasteiger partial charge in [-0.1, -0.05) is 6.07 Å². The molecule has 1 amide bonds. The zero-order valence-corrected chi connectivity index (χ0v) is 11.3. The Labute approximate surface area is 112 Å². The molecule has 0 saturated heterocycles. The molecule has 2 rings (SSSR count). The van der Waals surface area contributed by atoms with E-state index >= 15 is 0 Å². The molecular weight excluding hydrogens is 242 g/mol. The van der Waals surface area contributed by atoms with Crippen LogP contribution in [0.5, 0.6) is 0 Å². The Kier molecular flexibility index (Phi) is 3.88. The Morgan fingerprint density at radius 1 is 1.16 bits per heavy atom. The van der Waals surface area contributed by atoms with Crippen LogP contribution in [0.15, 0.2) is 18.2 Å². The van der Waals surface area contributed by atoms with Gasteiger partial charge in [0.05, 0.1) is 5.92 Å². The van der Waals surface area contributed by atoms with E-state index in [0.29, 0.717) is 19.3 Å². The minimum Gasteiger partial charge on any atom is -0.481 e. The zero-order chi connectivity index (χ0) is 14.0. The van der Waals surface area contributed by atoms with Crippen molar-refractivity contribution in [3.8, 4) is 0 Å². The van der Waals surface area contributed by atoms with Gasteiger partial charge in [0.2, 0.25) is 5.91 Å². The Morgan fingerprint density at radius 2 is 1.84 bits per heavy atom. The lowest BCUT2D eigenvalue weighted by Gasteiger charge is -2.12. The van der Waals surface area contributed by atoms with E-state index in [-0.39, 0.29) is 17.7 Å². The van der Waals surface area contributed by atoms with Crippen LogP contribution in [0.1, 0.15) is 30.4 Å². The van der Waals surface area contributed by atoms with Crippen molar-refractivity contribution in [1.82, 2.24) is 0 Å². The number of carboxylic acid groups (broad SMARTS) is 1. The second-order valence-electron chi connectivity index (χ2n) is 5.33. The van der Waals surface area contributed by atoms with Crippen molar-refractivity contribution in [3.05, 3.63) is 29.3 Å². The van der Waals surface area contributed by atoms with E-state index in [1.54, 1.807) is 0 Å². The minimum atomic E-state index is -0.790. The molecule has 0 aromatic heterocycles. The van der Waals surface area contributed by atoms with Gasteiger partial charge in [-0.15, -0.1) is 0 Å². The summed E-state index contributed by atoms with van der Waals surface area (Å²) in [5, 5.41) is 11.8. The number of hydrogen-bond acceptors (Lipinski definition) is 2. The summed E-state index contributed by atoms with van der Waals surface area (Å²) >= 11 is 0. The van der Waals surface area contributed by atoms with Crippen molar-refractivity contribution in [1.29, 1.82) is 0 Å². The van der Waals surface area contributed by atoms with Crippen molar-refractivity contribution in [2.75, 3.05) is 5.32 Å². The van der Waals surface area contributed by atoms with Crippen LogP contribution in [0, 0.1) is 25.7 Å². The Bertz CT molecular complexity index is 510. The van der Waals surface area contributed by atoms with Crippen LogP contribution in [0.3, 0.4) is 0 Å². The van der Waals surface area contributed by atoms with E-state index in [2.05, 4.69) is 5.32 Å². The lowest BCUT2D eigenvalue weighted by atomic mass is 10.0. The van der Waals surface area contributed by atoms with Gasteiger partial charge in [0.25, 0.3) is 0 Å². The minimum absolute atomic E-state index is 0.0630. The van der Waals surface area contributed by atoms with Crippen LogP contribution in [0.4, 0.5) is 5.69 Å². The number of carbonyl (C=O) groups is 2. The highest BCUT2D eigenvalue weighted by Gasteiger charge is 2.33. The van der Waals surface area contributed by atoms with E-state index in [1.807, 2.05) is 32.0 Å². The molecule has 4 nitrogen and oxygen atoms in total. The maximum Gasteiger partial charge on any atom is 0.306 e. The molecule has 0 heterocycles. The summed E-state index contributed by atoms with van der Waals surface area (Å²) in [6.45, 7) is 4.02. The number of benzene rings is 1. The third kappa shape index (κ3) is 3.13. The second-order valence-corrected chi connectivity index (χ2v) is 5.33. The smallest absolute Gasteiger partial charge is 0.306 e. The molecule has 102 valence electrons. The maximum absolute atomic E-state index is 12.1. The number of carbonyl (C=O) groups excluding carboxylic acids is 1. The van der Waals surface area contributed by atoms with Gasteiger partial charge in [-0.25, -0.2) is 0 Å². The number of carboxylic acids is 1. The molecule has 1 fully saturated rings. The predicted molar refractivity (Wildman–Crippen MR) is 73.0 cm³/mol. The lowest BCUT2D eigenvalue weighted by Crippen LogP contribution is -2.21. The number of hydrogen-bond donors (Lipinski definition) is 2. The normalized spacial score (nSPS) is 22.2. The van der Waals surface area contributed by atoms with Crippen LogP contribution < -0.4 is 5.32 Å². The molecule has 4 heteroatoms. The fourth-order valence-corrected chi connectivity index (χ4v) is 2.51. The average Bonchev–Trinajstić information content (AvgIpc) is 2.83. The summed E-state index contributed by atoms with van der Waals surface area (Å²) in [7, 11) is 0. The third-order valence-electron chi connectivity index (χ3n) is 3.93. The summed E-state index contributed by atoms with van der Waals surface area (Å²) in [4.78, 5) is 23.0. The van der Waals surface area contributed by atoms with E-state index in [4.69, 9.17) is 5.11 Å². The SMILES string of the molecule is Cc1ccc(NC(=O)[C@@H]2CC[C@@H](C(=O)O)C2)cc1C. The molecule has 1 aromatic rings.